The van der Waals surface area contributed by atoms with Crippen LogP contribution >= 0.6 is 34.2 Å². The van der Waals surface area contributed by atoms with Gasteiger partial charge in [-0.1, -0.05) is 91.4 Å². The molecule has 4 saturated carbocycles. The van der Waals surface area contributed by atoms with Gasteiger partial charge in [-0.2, -0.15) is 0 Å². The molecule has 6 heterocycles. The summed E-state index contributed by atoms with van der Waals surface area (Å²) in [6, 6.07) is 28.9. The molecule has 3 aromatic carbocycles. The molecule has 6 aliphatic rings. The first-order valence-electron chi connectivity index (χ1n) is 23.7. The number of halogens is 2. The average Bonchev–Trinajstić information content (AvgIpc) is 3.88. The van der Waals surface area contributed by atoms with Crippen molar-refractivity contribution in [3.63, 3.8) is 0 Å². The number of aromatic nitrogens is 8. The van der Waals surface area contributed by atoms with Crippen LogP contribution in [0.1, 0.15) is 102 Å². The molecule has 2 saturated heterocycles. The first kappa shape index (κ1) is 68.5. The van der Waals surface area contributed by atoms with E-state index >= 15 is 0 Å². The third-order valence-electron chi connectivity index (χ3n) is 14.7. The fraction of sp³-hybridized carbons (Fsp3) is 0.350. The number of nitrogens with zero attached hydrogens (tertiary/aromatic N) is 8. The summed E-state index contributed by atoms with van der Waals surface area (Å²) in [6.07, 6.45) is 9.15. The zero-order valence-electron chi connectivity index (χ0n) is 44.9. The number of Topliss-reactive ketones (excluding diaryl/α,β-unsaturated/α-hetero) is 2. The van der Waals surface area contributed by atoms with Gasteiger partial charge >= 0.3 is 0 Å². The van der Waals surface area contributed by atoms with Crippen molar-refractivity contribution in [1.29, 1.82) is 0 Å². The maximum Gasteiger partial charge on any atom is 0.208 e. The summed E-state index contributed by atoms with van der Waals surface area (Å²) in [5.74, 6) is 14.6. The minimum Gasteiger partial charge on any atom is -0.358 e. The smallest absolute Gasteiger partial charge is 0.208 e. The third-order valence-corrected chi connectivity index (χ3v) is 15.5. The molecule has 7 aromatic rings. The number of ether oxygens (including phenoxy) is 4. The number of rotatable bonds is 4. The summed E-state index contributed by atoms with van der Waals surface area (Å²) in [5.41, 5.74) is 4.67. The minimum absolute atomic E-state index is 0. The Morgan fingerprint density at radius 2 is 1.03 bits per heavy atom. The first-order valence-corrected chi connectivity index (χ1v) is 25.2. The van der Waals surface area contributed by atoms with Gasteiger partial charge in [0.2, 0.25) is 5.82 Å². The van der Waals surface area contributed by atoms with E-state index in [-0.39, 0.29) is 188 Å². The maximum absolute atomic E-state index is 12.9. The SMILES string of the molecule is C.C#Cc1ccccc1.CC(=O)[C@@]12CC1[C@@H](n1cnc3c(C#Cc4ccccc4)nc(C#Cc4ccccc4)nc31)[C@@H]1OC(C)(C)OC12.CC(=O)[C@@]12CC1[C@@H](n1cnc3c(Cl)nc(I)nc31)C1OC(C)(C)O[C@H]12.[CH3-].[CH3-].[CH3-].[Y].[Y].[Y]. The average molecular weight is 1420 g/mol. The molecule has 19 heteroatoms. The number of imidazole rings is 2. The Kier molecular flexibility index (Phi) is 23.1. The number of hydrogen-bond acceptors (Lipinski definition) is 12. The molecular weight excluding hydrogens is 1360 g/mol. The summed E-state index contributed by atoms with van der Waals surface area (Å²) in [7, 11) is 0. The Morgan fingerprint density at radius 1 is 0.608 bits per heavy atom. The molecule has 10 atom stereocenters. The molecule has 4 aliphatic carbocycles. The molecule has 3 radical (unpaired) electrons. The van der Waals surface area contributed by atoms with E-state index in [1.165, 1.54) is 0 Å². The minimum atomic E-state index is -0.770. The molecule has 403 valence electrons. The maximum atomic E-state index is 12.9. The van der Waals surface area contributed by atoms with Gasteiger partial charge in [0.05, 0.1) is 35.6 Å². The summed E-state index contributed by atoms with van der Waals surface area (Å²) < 4.78 is 29.6. The van der Waals surface area contributed by atoms with Gasteiger partial charge in [-0.25, -0.2) is 29.9 Å². The van der Waals surface area contributed by atoms with Crippen LogP contribution in [0.5, 0.6) is 0 Å². The van der Waals surface area contributed by atoms with E-state index in [9.17, 15) is 9.59 Å². The molecule has 0 amide bonds. The van der Waals surface area contributed by atoms with Crippen molar-refractivity contribution in [3.05, 3.63) is 163 Å². The van der Waals surface area contributed by atoms with E-state index in [2.05, 4.69) is 49.5 Å². The van der Waals surface area contributed by atoms with E-state index < -0.39 is 22.4 Å². The summed E-state index contributed by atoms with van der Waals surface area (Å²) in [6.45, 7) is 10.9. The largest absolute Gasteiger partial charge is 0.358 e. The molecule has 4 unspecified atom stereocenters. The van der Waals surface area contributed by atoms with Crippen molar-refractivity contribution >= 4 is 68.1 Å². The standard InChI is InChI=1S/C32H26N4O3.C16H16ClIN4O3.C8H6.CH4.3CH3.3Y/c1-20(37)32-18-23(32)27(28-29(32)39-31(2,3)38-28)36-19-33-26-24(16-14-21-10-6-4-7-11-21)34-25(35-30(26)36)17-15-22-12-8-5-9-13-22;1-6(23)16-4-7(16)9(10-11(16)25-15(2,3)24-10)22-5-19-8-12(17)20-14(18)21-13(8)22;1-2-8-6-4-3-5-7-8;;;;;;;/h4-13,19,23,27-29H,18H2,1-3H3;5,7,9-11H,4H2,1-3H3;1,3-7H;1H4;3*1H3;;;/q;;;;3*-1;;;/t23?,27-,28+,29?,32+;7?,9-,10?,11-,16+;;;;;;;;/m11......../s1. The van der Waals surface area contributed by atoms with Crippen LogP contribution in [0.25, 0.3) is 22.3 Å². The van der Waals surface area contributed by atoms with Gasteiger partial charge in [-0.3, -0.25) is 9.59 Å². The number of carbonyl (C=O) groups is 2. The second kappa shape index (κ2) is 26.7. The topological polar surface area (TPSA) is 158 Å². The zero-order valence-corrected chi connectivity index (χ0v) is 56.4. The number of hydrogen-bond donors (Lipinski definition) is 0. The normalized spacial score (nSPS) is 26.4. The number of terminal acetylenes is 1. The van der Waals surface area contributed by atoms with Crippen LogP contribution in [0.2, 0.25) is 5.15 Å². The van der Waals surface area contributed by atoms with Crippen LogP contribution in [-0.4, -0.2) is 86.6 Å². The first-order chi connectivity index (χ1) is 34.5. The fourth-order valence-corrected chi connectivity index (χ4v) is 12.4. The van der Waals surface area contributed by atoms with Crippen LogP contribution in [0.3, 0.4) is 0 Å². The van der Waals surface area contributed by atoms with Crippen molar-refractivity contribution in [2.24, 2.45) is 22.7 Å². The summed E-state index contributed by atoms with van der Waals surface area (Å²) >= 11 is 8.26. The molecular formula is C60H61ClIN8O6Y3-3. The third kappa shape index (κ3) is 12.7. The molecule has 0 N–H and O–H groups in total. The van der Waals surface area contributed by atoms with Gasteiger partial charge in [0.15, 0.2) is 31.9 Å². The molecule has 14 nitrogen and oxygen atoms in total. The second-order valence-corrected chi connectivity index (χ2v) is 21.2. The Morgan fingerprint density at radius 3 is 1.46 bits per heavy atom. The van der Waals surface area contributed by atoms with Gasteiger partial charge in [0.25, 0.3) is 0 Å². The van der Waals surface area contributed by atoms with Crippen molar-refractivity contribution in [2.75, 3.05) is 0 Å². The summed E-state index contributed by atoms with van der Waals surface area (Å²) in [5, 5.41) is 0.334. The molecule has 6 fully saturated rings. The number of benzene rings is 3. The quantitative estimate of drug-likeness (QED) is 0.0541. The number of carbonyl (C=O) groups excluding carboxylic acids is 2. The van der Waals surface area contributed by atoms with Gasteiger partial charge in [-0.15, -0.1) is 6.42 Å². The Balaban J connectivity index is 0.000000291. The Labute approximate surface area is 558 Å². The van der Waals surface area contributed by atoms with E-state index in [0.717, 1.165) is 29.5 Å². The summed E-state index contributed by atoms with van der Waals surface area (Å²) in [4.78, 5) is 52.6. The van der Waals surface area contributed by atoms with Gasteiger partial charge < -0.3 is 50.4 Å². The molecule has 79 heavy (non-hydrogen) atoms. The molecule has 13 rings (SSSR count). The zero-order chi connectivity index (χ0) is 50.3. The van der Waals surface area contributed by atoms with Gasteiger partial charge in [0.1, 0.15) is 52.7 Å². The monoisotopic (exact) mass is 1420 g/mol. The second-order valence-electron chi connectivity index (χ2n) is 19.9. The van der Waals surface area contributed by atoms with Crippen LogP contribution in [0.4, 0.5) is 0 Å². The van der Waals surface area contributed by atoms with E-state index in [1.54, 1.807) is 26.5 Å². The number of fused-ring (bicyclic) bond motifs is 8. The van der Waals surface area contributed by atoms with E-state index in [1.807, 2.05) is 150 Å². The van der Waals surface area contributed by atoms with Crippen LogP contribution in [-0.2, 0) is 127 Å². The predicted octanol–water partition coefficient (Wildman–Crippen LogP) is 10.7. The molecule has 0 bridgehead atoms. The van der Waals surface area contributed by atoms with Crippen LogP contribution in [0.15, 0.2) is 104 Å². The Hall–Kier alpha value is -3.05. The van der Waals surface area contributed by atoms with E-state index in [0.29, 0.717) is 42.8 Å². The fourth-order valence-electron chi connectivity index (χ4n) is 11.6. The predicted molar refractivity (Wildman–Crippen MR) is 302 cm³/mol. The van der Waals surface area contributed by atoms with Crippen molar-refractivity contribution < 1.29 is 127 Å². The number of ketones is 2. The van der Waals surface area contributed by atoms with Crippen molar-refractivity contribution in [3.8, 4) is 36.0 Å². The van der Waals surface area contributed by atoms with Crippen molar-refractivity contribution in [2.45, 2.75) is 110 Å². The van der Waals surface area contributed by atoms with Gasteiger partial charge in [-0.05, 0) is 114 Å². The Bertz CT molecular complexity index is 3500. The van der Waals surface area contributed by atoms with E-state index in [4.69, 9.17) is 46.9 Å². The molecule has 0 spiro atoms. The van der Waals surface area contributed by atoms with Crippen LogP contribution < -0.4 is 0 Å². The van der Waals surface area contributed by atoms with Gasteiger partial charge in [0, 0.05) is 137 Å². The molecule has 4 aromatic heterocycles. The van der Waals surface area contributed by atoms with Crippen molar-refractivity contribution in [1.82, 2.24) is 39.0 Å². The van der Waals surface area contributed by atoms with Crippen LogP contribution in [0, 0.1) is 84.8 Å². The molecule has 2 aliphatic heterocycles.